The van der Waals surface area contributed by atoms with E-state index in [2.05, 4.69) is 10.9 Å². The van der Waals surface area contributed by atoms with Crippen LogP contribution in [0.4, 0.5) is 0 Å². The Hall–Kier alpha value is -2.62. The first-order valence-electron chi connectivity index (χ1n) is 10.9. The van der Waals surface area contributed by atoms with Crippen molar-refractivity contribution in [2.75, 3.05) is 18.1 Å². The third-order valence-electron chi connectivity index (χ3n) is 6.73. The van der Waals surface area contributed by atoms with Gasteiger partial charge >= 0.3 is 0 Å². The number of amides is 1. The monoisotopic (exact) mass is 457 g/mol. The van der Waals surface area contributed by atoms with Crippen LogP contribution >= 0.6 is 0 Å². The molecule has 1 amide bonds. The molecule has 32 heavy (non-hydrogen) atoms. The van der Waals surface area contributed by atoms with Crippen molar-refractivity contribution in [1.82, 2.24) is 15.8 Å². The van der Waals surface area contributed by atoms with Crippen molar-refractivity contribution in [3.05, 3.63) is 59.7 Å². The highest BCUT2D eigenvalue weighted by atomic mass is 32.2. The lowest BCUT2D eigenvalue weighted by Gasteiger charge is -2.35. The predicted octanol–water partition coefficient (Wildman–Crippen LogP) is 1.70. The fourth-order valence-corrected chi connectivity index (χ4v) is 7.13. The largest absolute Gasteiger partial charge is 0.508 e. The molecule has 0 aliphatic carbocycles. The van der Waals surface area contributed by atoms with Crippen LogP contribution < -0.4 is 15.6 Å². The first-order chi connectivity index (χ1) is 15.4. The van der Waals surface area contributed by atoms with Crippen molar-refractivity contribution >= 4 is 15.7 Å². The highest BCUT2D eigenvalue weighted by molar-refractivity contribution is 7.91. The van der Waals surface area contributed by atoms with Gasteiger partial charge in [0.15, 0.2) is 9.84 Å². The second-order valence-electron chi connectivity index (χ2n) is 8.63. The quantitative estimate of drug-likeness (QED) is 0.627. The molecule has 3 saturated heterocycles. The maximum Gasteiger partial charge on any atom is 0.242 e. The molecule has 0 aromatic heterocycles. The number of hydrazine groups is 1. The zero-order valence-electron chi connectivity index (χ0n) is 17.8. The normalized spacial score (nSPS) is 31.1. The minimum Gasteiger partial charge on any atom is -0.508 e. The van der Waals surface area contributed by atoms with E-state index in [-0.39, 0.29) is 47.2 Å². The Bertz CT molecular complexity index is 1140. The molecule has 0 bridgehead atoms. The number of hydrogen-bond donors (Lipinski definition) is 3. The molecule has 0 radical (unpaired) electrons. The maximum atomic E-state index is 13.6. The summed E-state index contributed by atoms with van der Waals surface area (Å²) in [6, 6.07) is 13.2. The van der Waals surface area contributed by atoms with Crippen LogP contribution in [0.3, 0.4) is 0 Å². The lowest BCUT2D eigenvalue weighted by Crippen LogP contribution is -2.46. The zero-order chi connectivity index (χ0) is 22.5. The van der Waals surface area contributed by atoms with Crippen LogP contribution in [0.1, 0.15) is 36.6 Å². The number of nitrogens with one attached hydrogen (secondary N) is 2. The van der Waals surface area contributed by atoms with E-state index in [0.717, 1.165) is 5.56 Å². The van der Waals surface area contributed by atoms with Gasteiger partial charge in [0.05, 0.1) is 30.2 Å². The summed E-state index contributed by atoms with van der Waals surface area (Å²) in [5.74, 6) is 0.581. The van der Waals surface area contributed by atoms with Crippen LogP contribution in [-0.2, 0) is 14.6 Å². The Labute approximate surface area is 187 Å². The molecule has 0 spiro atoms. The Morgan fingerprint density at radius 1 is 1.12 bits per heavy atom. The van der Waals surface area contributed by atoms with Crippen molar-refractivity contribution in [2.45, 2.75) is 37.5 Å². The van der Waals surface area contributed by atoms with Gasteiger partial charge in [0.25, 0.3) is 0 Å². The van der Waals surface area contributed by atoms with Crippen molar-refractivity contribution in [3.63, 3.8) is 0 Å². The van der Waals surface area contributed by atoms with Crippen molar-refractivity contribution in [2.24, 2.45) is 5.92 Å². The summed E-state index contributed by atoms with van der Waals surface area (Å²) in [5, 5.41) is 10.5. The summed E-state index contributed by atoms with van der Waals surface area (Å²) in [7, 11) is -3.17. The van der Waals surface area contributed by atoms with Gasteiger partial charge in [-0.3, -0.25) is 4.79 Å². The second-order valence-corrected chi connectivity index (χ2v) is 10.9. The first kappa shape index (κ1) is 21.2. The third-order valence-corrected chi connectivity index (χ3v) is 8.48. The molecule has 9 heteroatoms. The molecule has 170 valence electrons. The molecule has 2 aromatic carbocycles. The molecule has 3 N–H and O–H groups in total. The van der Waals surface area contributed by atoms with Crippen LogP contribution in [-0.4, -0.2) is 54.5 Å². The molecule has 3 heterocycles. The van der Waals surface area contributed by atoms with Gasteiger partial charge in [0.1, 0.15) is 17.5 Å². The second kappa shape index (κ2) is 8.06. The summed E-state index contributed by atoms with van der Waals surface area (Å²) >= 11 is 0. The Morgan fingerprint density at radius 3 is 2.62 bits per heavy atom. The van der Waals surface area contributed by atoms with Crippen LogP contribution in [0.2, 0.25) is 0 Å². The maximum absolute atomic E-state index is 13.6. The number of likely N-dealkylation sites (tertiary alicyclic amines) is 1. The van der Waals surface area contributed by atoms with Gasteiger partial charge in [-0.2, -0.15) is 0 Å². The van der Waals surface area contributed by atoms with E-state index < -0.39 is 15.9 Å². The van der Waals surface area contributed by atoms with Gasteiger partial charge in [0.2, 0.25) is 5.91 Å². The molecular formula is C23H27N3O5S. The minimum atomic E-state index is -3.17. The summed E-state index contributed by atoms with van der Waals surface area (Å²) in [6.45, 7) is 2.43. The molecule has 2 aromatic rings. The molecule has 3 aliphatic heterocycles. The van der Waals surface area contributed by atoms with Gasteiger partial charge < -0.3 is 14.7 Å². The number of ether oxygens (including phenoxy) is 1. The molecule has 5 atom stereocenters. The molecule has 8 nitrogen and oxygen atoms in total. The van der Waals surface area contributed by atoms with E-state index in [9.17, 15) is 18.3 Å². The number of sulfone groups is 1. The fourth-order valence-electron chi connectivity index (χ4n) is 5.41. The standard InChI is InChI=1S/C23H27N3O5S/c1-2-31-16-7-5-6-14(12-16)22-19-20(17-8-3-4-9-18(17)27)24-25-21(19)23(28)26(22)15-10-11-32(29,30)13-15/h3-9,12,15,19-22,24-25,27H,2,10-11,13H2,1H3. The molecule has 3 fully saturated rings. The topological polar surface area (TPSA) is 108 Å². The van der Waals surface area contributed by atoms with E-state index in [1.165, 1.54) is 0 Å². The van der Waals surface area contributed by atoms with Crippen LogP contribution in [0.5, 0.6) is 11.5 Å². The average molecular weight is 458 g/mol. The number of phenolic OH excluding ortho intramolecular Hbond substituents is 1. The van der Waals surface area contributed by atoms with Crippen LogP contribution in [0.25, 0.3) is 0 Å². The Balaban J connectivity index is 1.60. The van der Waals surface area contributed by atoms with E-state index >= 15 is 0 Å². The molecule has 5 unspecified atom stereocenters. The first-order valence-corrected chi connectivity index (χ1v) is 12.8. The molecule has 5 rings (SSSR count). The van der Waals surface area contributed by atoms with Crippen molar-refractivity contribution in [1.29, 1.82) is 0 Å². The number of carbonyl (C=O) groups excluding carboxylic acids is 1. The fraction of sp³-hybridized carbons (Fsp3) is 0.435. The Morgan fingerprint density at radius 2 is 1.91 bits per heavy atom. The van der Waals surface area contributed by atoms with E-state index in [1.807, 2.05) is 43.3 Å². The van der Waals surface area contributed by atoms with E-state index in [4.69, 9.17) is 4.74 Å². The van der Waals surface area contributed by atoms with Gasteiger partial charge in [-0.25, -0.2) is 19.3 Å². The number of nitrogens with zero attached hydrogens (tertiary/aromatic N) is 1. The third kappa shape index (κ3) is 3.54. The van der Waals surface area contributed by atoms with Crippen molar-refractivity contribution < 1.29 is 23.1 Å². The number of carbonyl (C=O) groups is 1. The number of fused-ring (bicyclic) bond motifs is 1. The highest BCUT2D eigenvalue weighted by Gasteiger charge is 2.58. The lowest BCUT2D eigenvalue weighted by atomic mass is 9.83. The lowest BCUT2D eigenvalue weighted by molar-refractivity contribution is -0.132. The average Bonchev–Trinajstić information content (AvgIpc) is 3.42. The number of phenols is 1. The van der Waals surface area contributed by atoms with Gasteiger partial charge in [0, 0.05) is 17.5 Å². The molecule has 3 aliphatic rings. The minimum absolute atomic E-state index is 0.0193. The summed E-state index contributed by atoms with van der Waals surface area (Å²) in [4.78, 5) is 15.3. The number of benzene rings is 2. The number of rotatable bonds is 5. The Kier molecular flexibility index (Phi) is 5.35. The number of para-hydroxylation sites is 1. The van der Waals surface area contributed by atoms with Gasteiger partial charge in [-0.15, -0.1) is 0 Å². The SMILES string of the molecule is CCOc1cccc(C2C3C(NNC3c3ccccc3O)C(=O)N2C2CCS(=O)(=O)C2)c1. The summed E-state index contributed by atoms with van der Waals surface area (Å²) in [6.07, 6.45) is 0.434. The smallest absolute Gasteiger partial charge is 0.242 e. The number of aromatic hydroxyl groups is 1. The number of hydrogen-bond acceptors (Lipinski definition) is 7. The van der Waals surface area contributed by atoms with E-state index in [0.29, 0.717) is 24.3 Å². The van der Waals surface area contributed by atoms with Crippen LogP contribution in [0.15, 0.2) is 48.5 Å². The van der Waals surface area contributed by atoms with Gasteiger partial charge in [-0.05, 0) is 37.1 Å². The molecule has 0 saturated carbocycles. The van der Waals surface area contributed by atoms with E-state index in [1.54, 1.807) is 17.0 Å². The highest BCUT2D eigenvalue weighted by Crippen LogP contribution is 2.50. The van der Waals surface area contributed by atoms with Crippen LogP contribution in [0, 0.1) is 5.92 Å². The summed E-state index contributed by atoms with van der Waals surface area (Å²) in [5.41, 5.74) is 7.93. The predicted molar refractivity (Wildman–Crippen MR) is 119 cm³/mol. The molecular weight excluding hydrogens is 430 g/mol. The van der Waals surface area contributed by atoms with Crippen molar-refractivity contribution in [3.8, 4) is 11.5 Å². The van der Waals surface area contributed by atoms with Gasteiger partial charge in [-0.1, -0.05) is 30.3 Å². The zero-order valence-corrected chi connectivity index (χ0v) is 18.6. The summed E-state index contributed by atoms with van der Waals surface area (Å²) < 4.78 is 30.2.